The van der Waals surface area contributed by atoms with E-state index in [1.54, 1.807) is 0 Å². The van der Waals surface area contributed by atoms with E-state index in [-0.39, 0.29) is 6.10 Å². The van der Waals surface area contributed by atoms with Crippen LogP contribution >= 0.6 is 0 Å². The summed E-state index contributed by atoms with van der Waals surface area (Å²) < 4.78 is 5.74. The second kappa shape index (κ2) is 4.70. The van der Waals surface area contributed by atoms with Gasteiger partial charge in [-0.05, 0) is 18.4 Å². The van der Waals surface area contributed by atoms with Crippen molar-refractivity contribution in [2.24, 2.45) is 5.16 Å². The highest BCUT2D eigenvalue weighted by atomic mass is 16.5. The van der Waals surface area contributed by atoms with Crippen molar-refractivity contribution < 1.29 is 9.94 Å². The molecule has 0 bridgehead atoms. The van der Waals surface area contributed by atoms with E-state index >= 15 is 0 Å². The van der Waals surface area contributed by atoms with Gasteiger partial charge in [-0.25, -0.2) is 0 Å². The lowest BCUT2D eigenvalue weighted by Crippen LogP contribution is -2.22. The molecule has 0 saturated heterocycles. The van der Waals surface area contributed by atoms with Gasteiger partial charge >= 0.3 is 0 Å². The van der Waals surface area contributed by atoms with Crippen molar-refractivity contribution >= 4 is 16.6 Å². The van der Waals surface area contributed by atoms with Gasteiger partial charge in [0.1, 0.15) is 5.71 Å². The first-order valence-electron chi connectivity index (χ1n) is 6.76. The van der Waals surface area contributed by atoms with E-state index in [0.29, 0.717) is 12.3 Å². The highest BCUT2D eigenvalue weighted by molar-refractivity contribution is 6.13. The molecule has 0 fully saturated rings. The molecule has 1 unspecified atom stereocenters. The monoisotopic (exact) mass is 258 g/mol. The molecule has 0 aliphatic carbocycles. The third kappa shape index (κ3) is 1.75. The number of hydrogen-bond acceptors (Lipinski definition) is 3. The minimum absolute atomic E-state index is 0.0533. The molecule has 1 aromatic carbocycles. The molecule has 2 aromatic rings. The van der Waals surface area contributed by atoms with E-state index in [4.69, 9.17) is 4.74 Å². The Morgan fingerprint density at radius 3 is 2.95 bits per heavy atom. The maximum Gasteiger partial charge on any atom is 0.115 e. The fraction of sp³-hybridized carbons (Fsp3) is 0.400. The summed E-state index contributed by atoms with van der Waals surface area (Å²) in [6, 6.07) is 6.26. The summed E-state index contributed by atoms with van der Waals surface area (Å²) in [6.07, 6.45) is 1.93. The molecule has 4 heteroatoms. The van der Waals surface area contributed by atoms with Crippen LogP contribution in [0.1, 0.15) is 43.2 Å². The summed E-state index contributed by atoms with van der Waals surface area (Å²) in [5, 5.41) is 13.7. The van der Waals surface area contributed by atoms with Crippen LogP contribution in [0.5, 0.6) is 0 Å². The van der Waals surface area contributed by atoms with E-state index in [1.165, 1.54) is 5.56 Å². The third-order valence-electron chi connectivity index (χ3n) is 3.85. The van der Waals surface area contributed by atoms with Gasteiger partial charge < -0.3 is 14.9 Å². The van der Waals surface area contributed by atoms with E-state index in [1.807, 2.05) is 0 Å². The summed E-state index contributed by atoms with van der Waals surface area (Å²) in [4.78, 5) is 3.48. The number of nitrogens with one attached hydrogen (secondary N) is 1. The average molecular weight is 258 g/mol. The largest absolute Gasteiger partial charge is 0.411 e. The lowest BCUT2D eigenvalue weighted by atomic mass is 9.98. The first-order chi connectivity index (χ1) is 9.30. The normalized spacial score (nSPS) is 20.9. The first kappa shape index (κ1) is 12.2. The topological polar surface area (TPSA) is 57.6 Å². The minimum atomic E-state index is 0.0533. The van der Waals surface area contributed by atoms with Crippen LogP contribution in [0.4, 0.5) is 0 Å². The van der Waals surface area contributed by atoms with Gasteiger partial charge in [0.2, 0.25) is 0 Å². The second-order valence-corrected chi connectivity index (χ2v) is 4.86. The SMILES string of the molecule is CCc1cccc2c3c([nH]c12)C(CC)OCC3=NO. The van der Waals surface area contributed by atoms with Gasteiger partial charge in [0, 0.05) is 16.5 Å². The van der Waals surface area contributed by atoms with Gasteiger partial charge in [-0.1, -0.05) is 37.2 Å². The number of fused-ring (bicyclic) bond motifs is 3. The molecule has 0 radical (unpaired) electrons. The van der Waals surface area contributed by atoms with Crippen LogP contribution in [0.15, 0.2) is 23.4 Å². The van der Waals surface area contributed by atoms with Crippen LogP contribution in [0, 0.1) is 0 Å². The van der Waals surface area contributed by atoms with Crippen molar-refractivity contribution in [3.63, 3.8) is 0 Å². The molecule has 1 atom stereocenters. The van der Waals surface area contributed by atoms with E-state index in [2.05, 4.69) is 42.2 Å². The number of ether oxygens (including phenoxy) is 1. The number of rotatable bonds is 2. The van der Waals surface area contributed by atoms with Gasteiger partial charge in [0.05, 0.1) is 18.4 Å². The van der Waals surface area contributed by atoms with Gasteiger partial charge in [-0.3, -0.25) is 0 Å². The number of aromatic nitrogens is 1. The molecule has 100 valence electrons. The number of oxime groups is 1. The van der Waals surface area contributed by atoms with E-state index in [0.717, 1.165) is 35.0 Å². The van der Waals surface area contributed by atoms with Gasteiger partial charge in [0.15, 0.2) is 0 Å². The average Bonchev–Trinajstić information content (AvgIpc) is 2.85. The number of aryl methyl sites for hydroxylation is 1. The van der Waals surface area contributed by atoms with Crippen LogP contribution in [-0.2, 0) is 11.2 Å². The smallest absolute Gasteiger partial charge is 0.115 e. The number of H-pyrrole nitrogens is 1. The molecule has 0 amide bonds. The van der Waals surface area contributed by atoms with Crippen LogP contribution in [0.2, 0.25) is 0 Å². The Kier molecular flexibility index (Phi) is 3.03. The van der Waals surface area contributed by atoms with Gasteiger partial charge in [-0.2, -0.15) is 0 Å². The highest BCUT2D eigenvalue weighted by Gasteiger charge is 2.28. The van der Waals surface area contributed by atoms with Crippen molar-refractivity contribution in [2.75, 3.05) is 6.61 Å². The summed E-state index contributed by atoms with van der Waals surface area (Å²) >= 11 is 0. The molecule has 0 saturated carbocycles. The third-order valence-corrected chi connectivity index (χ3v) is 3.85. The molecule has 2 heterocycles. The maximum atomic E-state index is 9.20. The second-order valence-electron chi connectivity index (χ2n) is 4.86. The highest BCUT2D eigenvalue weighted by Crippen LogP contribution is 2.35. The van der Waals surface area contributed by atoms with Crippen LogP contribution in [0.3, 0.4) is 0 Å². The number of benzene rings is 1. The molecule has 4 nitrogen and oxygen atoms in total. The fourth-order valence-electron chi connectivity index (χ4n) is 2.88. The van der Waals surface area contributed by atoms with Crippen molar-refractivity contribution in [3.8, 4) is 0 Å². The zero-order chi connectivity index (χ0) is 13.4. The fourth-order valence-corrected chi connectivity index (χ4v) is 2.88. The molecule has 19 heavy (non-hydrogen) atoms. The van der Waals surface area contributed by atoms with Crippen molar-refractivity contribution in [3.05, 3.63) is 35.0 Å². The summed E-state index contributed by atoms with van der Waals surface area (Å²) in [5.41, 5.74) is 5.08. The van der Waals surface area contributed by atoms with Gasteiger partial charge in [-0.15, -0.1) is 0 Å². The van der Waals surface area contributed by atoms with Crippen molar-refractivity contribution in [1.29, 1.82) is 0 Å². The Labute approximate surface area is 112 Å². The number of para-hydroxylation sites is 1. The lowest BCUT2D eigenvalue weighted by Gasteiger charge is -2.22. The molecule has 3 rings (SSSR count). The Morgan fingerprint density at radius 1 is 1.42 bits per heavy atom. The van der Waals surface area contributed by atoms with Crippen LogP contribution in [-0.4, -0.2) is 22.5 Å². The molecule has 0 spiro atoms. The Hall–Kier alpha value is -1.81. The number of hydrogen-bond donors (Lipinski definition) is 2. The predicted molar refractivity (Wildman–Crippen MR) is 75.0 cm³/mol. The molecule has 2 N–H and O–H groups in total. The van der Waals surface area contributed by atoms with E-state index < -0.39 is 0 Å². The molecular formula is C15H18N2O2. The Balaban J connectivity index is 2.33. The zero-order valence-corrected chi connectivity index (χ0v) is 11.2. The van der Waals surface area contributed by atoms with Crippen molar-refractivity contribution in [1.82, 2.24) is 4.98 Å². The summed E-state index contributed by atoms with van der Waals surface area (Å²) in [6.45, 7) is 4.61. The lowest BCUT2D eigenvalue weighted by molar-refractivity contribution is 0.0689. The quantitative estimate of drug-likeness (QED) is 0.640. The summed E-state index contributed by atoms with van der Waals surface area (Å²) in [5.74, 6) is 0. The molecule has 1 aliphatic heterocycles. The van der Waals surface area contributed by atoms with Crippen LogP contribution in [0.25, 0.3) is 10.9 Å². The molecule has 1 aromatic heterocycles. The summed E-state index contributed by atoms with van der Waals surface area (Å²) in [7, 11) is 0. The van der Waals surface area contributed by atoms with E-state index in [9.17, 15) is 5.21 Å². The molecule has 1 aliphatic rings. The van der Waals surface area contributed by atoms with Crippen LogP contribution < -0.4 is 0 Å². The number of aromatic amines is 1. The van der Waals surface area contributed by atoms with Crippen molar-refractivity contribution in [2.45, 2.75) is 32.8 Å². The number of nitrogens with zero attached hydrogens (tertiary/aromatic N) is 1. The minimum Gasteiger partial charge on any atom is -0.411 e. The maximum absolute atomic E-state index is 9.20. The Bertz CT molecular complexity index is 643. The first-order valence-corrected chi connectivity index (χ1v) is 6.76. The standard InChI is InChI=1S/C15H18N2O2/c1-3-9-6-5-7-10-13-11(17-18)8-19-12(4-2)15(13)16-14(9)10/h5-7,12,16,18H,3-4,8H2,1-2H3. The van der Waals surface area contributed by atoms with Gasteiger partial charge in [0.25, 0.3) is 0 Å². The molecular weight excluding hydrogens is 240 g/mol. The predicted octanol–water partition coefficient (Wildman–Crippen LogP) is 3.39. The zero-order valence-electron chi connectivity index (χ0n) is 11.2. The Morgan fingerprint density at radius 2 is 2.26 bits per heavy atom.